The molecule has 1 aromatic heterocycles. The molecule has 0 aliphatic carbocycles. The van der Waals surface area contributed by atoms with Crippen LogP contribution in [0.1, 0.15) is 26.9 Å². The number of ether oxygens (including phenoxy) is 2. The molecule has 154 valence electrons. The van der Waals surface area contributed by atoms with Crippen molar-refractivity contribution in [1.82, 2.24) is 4.98 Å². The lowest BCUT2D eigenvalue weighted by Crippen LogP contribution is -2.15. The Bertz CT molecular complexity index is 1050. The third kappa shape index (κ3) is 4.31. The lowest BCUT2D eigenvalue weighted by atomic mass is 10.1. The highest BCUT2D eigenvalue weighted by atomic mass is 32.2. The first-order valence-corrected chi connectivity index (χ1v) is 12.7. The predicted octanol–water partition coefficient (Wildman–Crippen LogP) is 5.70. The zero-order valence-electron chi connectivity index (χ0n) is 16.1. The Kier molecular flexibility index (Phi) is 5.88. The summed E-state index contributed by atoms with van der Waals surface area (Å²) in [5.41, 5.74) is 3.65. The smallest absolute Gasteiger partial charge is 0.257 e. The van der Waals surface area contributed by atoms with Crippen LogP contribution in [0, 0.1) is 0 Å². The highest BCUT2D eigenvalue weighted by Crippen LogP contribution is 2.43. The van der Waals surface area contributed by atoms with Gasteiger partial charge in [-0.2, -0.15) is 0 Å². The summed E-state index contributed by atoms with van der Waals surface area (Å²) in [7, 11) is 0. The molecular formula is C22H20N2O3S3. The van der Waals surface area contributed by atoms with Crippen LogP contribution in [0.15, 0.2) is 47.8 Å². The molecule has 3 heterocycles. The fraction of sp³-hybridized carbons (Fsp3) is 0.273. The molecule has 1 amide bonds. The van der Waals surface area contributed by atoms with Crippen LogP contribution in [0.25, 0.3) is 11.3 Å². The van der Waals surface area contributed by atoms with Gasteiger partial charge in [-0.15, -0.1) is 34.9 Å². The summed E-state index contributed by atoms with van der Waals surface area (Å²) in [5.74, 6) is 3.74. The molecule has 30 heavy (non-hydrogen) atoms. The Morgan fingerprint density at radius 3 is 2.57 bits per heavy atom. The van der Waals surface area contributed by atoms with Gasteiger partial charge < -0.3 is 9.47 Å². The Balaban J connectivity index is 1.26. The molecule has 2 aliphatic rings. The highest BCUT2D eigenvalue weighted by molar-refractivity contribution is 8.16. The molecule has 0 unspecified atom stereocenters. The Labute approximate surface area is 187 Å². The maximum atomic E-state index is 12.6. The van der Waals surface area contributed by atoms with Gasteiger partial charge in [0, 0.05) is 16.5 Å². The monoisotopic (exact) mass is 456 g/mol. The quantitative estimate of drug-likeness (QED) is 0.543. The number of hydrogen-bond donors (Lipinski definition) is 1. The Morgan fingerprint density at radius 2 is 1.77 bits per heavy atom. The molecule has 1 saturated heterocycles. The molecule has 2 aliphatic heterocycles. The van der Waals surface area contributed by atoms with Gasteiger partial charge >= 0.3 is 0 Å². The summed E-state index contributed by atoms with van der Waals surface area (Å²) >= 11 is 5.37. The number of thiazole rings is 1. The van der Waals surface area contributed by atoms with E-state index in [1.165, 1.54) is 34.8 Å². The van der Waals surface area contributed by atoms with E-state index in [2.05, 4.69) is 22.4 Å². The molecule has 0 spiro atoms. The highest BCUT2D eigenvalue weighted by Gasteiger charge is 2.18. The SMILES string of the molecule is O=C(Nc1nc(-c2ccc3c(c2)OCCO3)cs1)c1ccc(C2SCCCS2)cc1. The number of thioether (sulfide) groups is 2. The minimum atomic E-state index is -0.145. The number of hydrogen-bond acceptors (Lipinski definition) is 7. The summed E-state index contributed by atoms with van der Waals surface area (Å²) in [6.07, 6.45) is 1.27. The van der Waals surface area contributed by atoms with Crippen molar-refractivity contribution in [2.24, 2.45) is 0 Å². The van der Waals surface area contributed by atoms with Crippen LogP contribution in [0.2, 0.25) is 0 Å². The second kappa shape index (κ2) is 8.91. The third-order valence-corrected chi connectivity index (χ3v) is 8.61. The van der Waals surface area contributed by atoms with Crippen molar-refractivity contribution in [2.75, 3.05) is 30.0 Å². The first kappa shape index (κ1) is 19.8. The zero-order chi connectivity index (χ0) is 20.3. The number of benzene rings is 2. The minimum Gasteiger partial charge on any atom is -0.486 e. The zero-order valence-corrected chi connectivity index (χ0v) is 18.6. The number of aromatic nitrogens is 1. The number of anilines is 1. The summed E-state index contributed by atoms with van der Waals surface area (Å²) < 4.78 is 11.7. The van der Waals surface area contributed by atoms with Gasteiger partial charge in [-0.1, -0.05) is 12.1 Å². The van der Waals surface area contributed by atoms with E-state index in [9.17, 15) is 4.79 Å². The standard InChI is InChI=1S/C22H20N2O3S3/c25-20(14-2-4-15(5-3-14)21-28-10-1-11-29-21)24-22-23-17(13-30-22)16-6-7-18-19(12-16)27-9-8-26-18/h2-7,12-13,21H,1,8-11H2,(H,23,24,25). The Hall–Kier alpha value is -2.16. The van der Waals surface area contributed by atoms with E-state index in [0.717, 1.165) is 22.8 Å². The lowest BCUT2D eigenvalue weighted by molar-refractivity contribution is 0.102. The van der Waals surface area contributed by atoms with Gasteiger partial charge in [-0.25, -0.2) is 4.98 Å². The topological polar surface area (TPSA) is 60.5 Å². The normalized spacial score (nSPS) is 16.3. The molecule has 5 nitrogen and oxygen atoms in total. The van der Waals surface area contributed by atoms with Gasteiger partial charge in [-0.05, 0) is 53.8 Å². The predicted molar refractivity (Wildman–Crippen MR) is 125 cm³/mol. The average molecular weight is 457 g/mol. The molecule has 1 fully saturated rings. The van der Waals surface area contributed by atoms with Gasteiger partial charge in [0.2, 0.25) is 0 Å². The van der Waals surface area contributed by atoms with E-state index in [1.54, 1.807) is 0 Å². The summed E-state index contributed by atoms with van der Waals surface area (Å²) in [5, 5.41) is 5.42. The maximum absolute atomic E-state index is 12.6. The van der Waals surface area contributed by atoms with E-state index in [0.29, 0.717) is 28.5 Å². The molecule has 8 heteroatoms. The fourth-order valence-electron chi connectivity index (χ4n) is 3.31. The molecule has 3 aromatic rings. The maximum Gasteiger partial charge on any atom is 0.257 e. The summed E-state index contributed by atoms with van der Waals surface area (Å²) in [6.45, 7) is 1.12. The summed E-state index contributed by atoms with van der Waals surface area (Å²) in [4.78, 5) is 17.2. The number of carbonyl (C=O) groups is 1. The van der Waals surface area contributed by atoms with Gasteiger partial charge in [0.05, 0.1) is 10.3 Å². The molecule has 1 N–H and O–H groups in total. The molecule has 0 atom stereocenters. The third-order valence-electron chi connectivity index (χ3n) is 4.83. The van der Waals surface area contributed by atoms with Gasteiger partial charge in [0.25, 0.3) is 5.91 Å². The van der Waals surface area contributed by atoms with Crippen molar-refractivity contribution >= 4 is 45.9 Å². The van der Waals surface area contributed by atoms with E-state index in [4.69, 9.17) is 9.47 Å². The fourth-order valence-corrected chi connectivity index (χ4v) is 6.92. The number of rotatable bonds is 4. The van der Waals surface area contributed by atoms with Crippen LogP contribution in [-0.4, -0.2) is 35.6 Å². The molecule has 5 rings (SSSR count). The Morgan fingerprint density at radius 1 is 1.00 bits per heavy atom. The number of carbonyl (C=O) groups excluding carboxylic acids is 1. The molecule has 0 saturated carbocycles. The van der Waals surface area contributed by atoms with E-state index in [1.807, 2.05) is 59.2 Å². The molecule has 0 bridgehead atoms. The molecular weight excluding hydrogens is 436 g/mol. The number of fused-ring (bicyclic) bond motifs is 1. The summed E-state index contributed by atoms with van der Waals surface area (Å²) in [6, 6.07) is 13.7. The van der Waals surface area contributed by atoms with Crippen LogP contribution in [0.3, 0.4) is 0 Å². The van der Waals surface area contributed by atoms with E-state index >= 15 is 0 Å². The second-order valence-corrected chi connectivity index (χ2v) is 10.5. The number of nitrogens with zero attached hydrogens (tertiary/aromatic N) is 1. The van der Waals surface area contributed by atoms with Gasteiger partial charge in [-0.3, -0.25) is 10.1 Å². The van der Waals surface area contributed by atoms with Crippen LogP contribution < -0.4 is 14.8 Å². The number of nitrogens with one attached hydrogen (secondary N) is 1. The number of amides is 1. The van der Waals surface area contributed by atoms with Crippen molar-refractivity contribution in [3.63, 3.8) is 0 Å². The van der Waals surface area contributed by atoms with Crippen molar-refractivity contribution < 1.29 is 14.3 Å². The van der Waals surface area contributed by atoms with Crippen LogP contribution in [0.4, 0.5) is 5.13 Å². The average Bonchev–Trinajstić information content (AvgIpc) is 3.28. The van der Waals surface area contributed by atoms with Gasteiger partial charge in [0.15, 0.2) is 16.6 Å². The molecule has 0 radical (unpaired) electrons. The van der Waals surface area contributed by atoms with Crippen molar-refractivity contribution in [1.29, 1.82) is 0 Å². The van der Waals surface area contributed by atoms with E-state index < -0.39 is 0 Å². The largest absolute Gasteiger partial charge is 0.486 e. The molecule has 2 aromatic carbocycles. The van der Waals surface area contributed by atoms with Crippen LogP contribution in [0.5, 0.6) is 11.5 Å². The second-order valence-electron chi connectivity index (χ2n) is 6.90. The first-order chi connectivity index (χ1) is 14.8. The lowest BCUT2D eigenvalue weighted by Gasteiger charge is -2.21. The van der Waals surface area contributed by atoms with Crippen LogP contribution in [-0.2, 0) is 0 Å². The van der Waals surface area contributed by atoms with Crippen LogP contribution >= 0.6 is 34.9 Å². The minimum absolute atomic E-state index is 0.145. The van der Waals surface area contributed by atoms with Crippen molar-refractivity contribution in [2.45, 2.75) is 11.0 Å². The van der Waals surface area contributed by atoms with Gasteiger partial charge in [0.1, 0.15) is 13.2 Å². The van der Waals surface area contributed by atoms with Crippen molar-refractivity contribution in [3.8, 4) is 22.8 Å². The first-order valence-electron chi connectivity index (χ1n) is 9.76. The van der Waals surface area contributed by atoms with E-state index in [-0.39, 0.29) is 5.91 Å². The van der Waals surface area contributed by atoms with Crippen molar-refractivity contribution in [3.05, 3.63) is 59.0 Å².